The van der Waals surface area contributed by atoms with Crippen LogP contribution in [0.15, 0.2) is 6.20 Å². The number of carbonyl (C=O) groups is 3. The molecule has 22 heavy (non-hydrogen) atoms. The highest BCUT2D eigenvalue weighted by Crippen LogP contribution is 2.24. The summed E-state index contributed by atoms with van der Waals surface area (Å²) in [4.78, 5) is 42.5. The lowest BCUT2D eigenvalue weighted by Gasteiger charge is -2.08. The smallest absolute Gasteiger partial charge is 0.296 e. The zero-order valence-corrected chi connectivity index (χ0v) is 13.8. The van der Waals surface area contributed by atoms with Crippen LogP contribution >= 0.6 is 11.3 Å². The van der Waals surface area contributed by atoms with E-state index in [9.17, 15) is 14.4 Å². The first kappa shape index (κ1) is 16.2. The van der Waals surface area contributed by atoms with Gasteiger partial charge in [0.05, 0.1) is 6.20 Å². The van der Waals surface area contributed by atoms with Crippen molar-refractivity contribution in [3.05, 3.63) is 22.5 Å². The molecule has 0 bridgehead atoms. The van der Waals surface area contributed by atoms with Crippen molar-refractivity contribution in [3.8, 4) is 0 Å². The number of nitrogens with one attached hydrogen (secondary N) is 1. The van der Waals surface area contributed by atoms with Crippen LogP contribution < -0.4 is 5.32 Å². The van der Waals surface area contributed by atoms with Crippen molar-refractivity contribution in [2.45, 2.75) is 20.3 Å². The van der Waals surface area contributed by atoms with Crippen molar-refractivity contribution >= 4 is 33.9 Å². The van der Waals surface area contributed by atoms with Gasteiger partial charge >= 0.3 is 0 Å². The van der Waals surface area contributed by atoms with Gasteiger partial charge in [-0.25, -0.2) is 4.98 Å². The maximum Gasteiger partial charge on any atom is 0.296 e. The van der Waals surface area contributed by atoms with Crippen LogP contribution in [0.5, 0.6) is 0 Å². The molecular weight excluding hydrogens is 304 g/mol. The molecule has 2 rings (SSSR count). The molecule has 0 aliphatic carbocycles. The van der Waals surface area contributed by atoms with Crippen molar-refractivity contribution in [3.63, 3.8) is 0 Å². The molecule has 0 aliphatic rings. The lowest BCUT2D eigenvalue weighted by atomic mass is 10.2. The molecule has 2 amide bonds. The minimum atomic E-state index is -0.640. The molecule has 0 unspecified atom stereocenters. The van der Waals surface area contributed by atoms with Gasteiger partial charge in [-0.2, -0.15) is 0 Å². The number of rotatable bonds is 5. The van der Waals surface area contributed by atoms with E-state index in [4.69, 9.17) is 0 Å². The Balaban J connectivity index is 2.43. The highest BCUT2D eigenvalue weighted by molar-refractivity contribution is 7.19. The quantitative estimate of drug-likeness (QED) is 0.660. The Labute approximate surface area is 131 Å². The topological polar surface area (TPSA) is 83.8 Å². The number of carbonyl (C=O) groups excluding carboxylic acids is 3. The number of imidazole rings is 1. The molecule has 118 valence electrons. The third-order valence-electron chi connectivity index (χ3n) is 3.16. The summed E-state index contributed by atoms with van der Waals surface area (Å²) in [5.41, 5.74) is 0.790. The Hall–Kier alpha value is -2.22. The van der Waals surface area contributed by atoms with Gasteiger partial charge in [0.25, 0.3) is 17.6 Å². The van der Waals surface area contributed by atoms with Gasteiger partial charge in [0.1, 0.15) is 10.6 Å². The predicted molar refractivity (Wildman–Crippen MR) is 83.5 cm³/mol. The van der Waals surface area contributed by atoms with Gasteiger partial charge in [0, 0.05) is 26.3 Å². The predicted octanol–water partition coefficient (Wildman–Crippen LogP) is 1.11. The molecule has 2 heterocycles. The fourth-order valence-corrected chi connectivity index (χ4v) is 3.02. The fraction of sp³-hybridized carbons (Fsp3) is 0.429. The lowest BCUT2D eigenvalue weighted by molar-refractivity contribution is -0.124. The molecule has 0 aliphatic heterocycles. The average Bonchev–Trinajstić information content (AvgIpc) is 3.04. The highest BCUT2D eigenvalue weighted by atomic mass is 32.1. The fourth-order valence-electron chi connectivity index (χ4n) is 2.00. The second-order valence-corrected chi connectivity index (χ2v) is 6.04. The number of nitrogens with zero attached hydrogens (tertiary/aromatic N) is 3. The third-order valence-corrected chi connectivity index (χ3v) is 4.32. The van der Waals surface area contributed by atoms with Crippen LogP contribution in [-0.4, -0.2) is 52.5 Å². The molecular formula is C14H18N4O3S. The Morgan fingerprint density at radius 2 is 2.05 bits per heavy atom. The van der Waals surface area contributed by atoms with E-state index >= 15 is 0 Å². The first-order chi connectivity index (χ1) is 10.4. The molecule has 1 N–H and O–H groups in total. The Bertz CT molecular complexity index is 745. The first-order valence-electron chi connectivity index (χ1n) is 6.89. The van der Waals surface area contributed by atoms with E-state index in [1.807, 2.05) is 6.92 Å². The number of aromatic nitrogens is 2. The van der Waals surface area contributed by atoms with Crippen LogP contribution in [0.4, 0.5) is 0 Å². The van der Waals surface area contributed by atoms with E-state index in [0.29, 0.717) is 22.1 Å². The molecule has 0 fully saturated rings. The van der Waals surface area contributed by atoms with E-state index in [0.717, 1.165) is 6.42 Å². The van der Waals surface area contributed by atoms with Gasteiger partial charge in [0.2, 0.25) is 0 Å². The minimum absolute atomic E-state index is 0.178. The Morgan fingerprint density at radius 1 is 1.36 bits per heavy atom. The van der Waals surface area contributed by atoms with Crippen molar-refractivity contribution in [1.29, 1.82) is 0 Å². The maximum atomic E-state index is 12.2. The van der Waals surface area contributed by atoms with Crippen LogP contribution in [0, 0.1) is 6.92 Å². The number of Topliss-reactive ketones (excluding diaryl/α,β-unsaturated/α-hetero) is 1. The third kappa shape index (κ3) is 2.74. The van der Waals surface area contributed by atoms with E-state index in [1.165, 1.54) is 36.5 Å². The van der Waals surface area contributed by atoms with Crippen molar-refractivity contribution < 1.29 is 14.4 Å². The van der Waals surface area contributed by atoms with E-state index < -0.39 is 11.7 Å². The number of fused-ring (bicyclic) bond motifs is 1. The Kier molecular flexibility index (Phi) is 4.60. The van der Waals surface area contributed by atoms with Crippen LogP contribution in [0.3, 0.4) is 0 Å². The summed E-state index contributed by atoms with van der Waals surface area (Å²) in [6.07, 6.45) is 2.21. The number of hydrogen-bond acceptors (Lipinski definition) is 5. The zero-order valence-electron chi connectivity index (χ0n) is 13.0. The second-order valence-electron chi connectivity index (χ2n) is 5.06. The zero-order chi connectivity index (χ0) is 16.4. The monoisotopic (exact) mass is 322 g/mol. The second kappa shape index (κ2) is 6.27. The van der Waals surface area contributed by atoms with Crippen LogP contribution in [-0.2, 0) is 4.79 Å². The van der Waals surface area contributed by atoms with Gasteiger partial charge in [-0.3, -0.25) is 18.8 Å². The summed E-state index contributed by atoms with van der Waals surface area (Å²) in [6, 6.07) is 0. The minimum Gasteiger partial charge on any atom is -0.351 e. The molecule has 0 aromatic carbocycles. The van der Waals surface area contributed by atoms with Gasteiger partial charge in [-0.05, 0) is 13.3 Å². The van der Waals surface area contributed by atoms with Crippen LogP contribution in [0.2, 0.25) is 0 Å². The van der Waals surface area contributed by atoms with E-state index in [2.05, 4.69) is 10.3 Å². The molecule has 2 aromatic rings. The Morgan fingerprint density at radius 3 is 2.64 bits per heavy atom. The summed E-state index contributed by atoms with van der Waals surface area (Å²) >= 11 is 1.20. The molecule has 7 nitrogen and oxygen atoms in total. The van der Waals surface area contributed by atoms with Gasteiger partial charge in [0.15, 0.2) is 4.96 Å². The normalized spacial score (nSPS) is 10.7. The molecule has 0 saturated carbocycles. The standard InChI is InChI=1S/C14H18N4O3S/c1-5-6-15-12(20)11-8(2)18-9(7-16-14(18)22-11)10(19)13(21)17(3)4/h7H,5-6H2,1-4H3,(H,15,20). The summed E-state index contributed by atoms with van der Waals surface area (Å²) in [6.45, 7) is 4.30. The van der Waals surface area contributed by atoms with Gasteiger partial charge < -0.3 is 10.2 Å². The number of hydrogen-bond donors (Lipinski definition) is 1. The van der Waals surface area contributed by atoms with Gasteiger partial charge in [-0.1, -0.05) is 18.3 Å². The number of aryl methyl sites for hydroxylation is 1. The van der Waals surface area contributed by atoms with Gasteiger partial charge in [-0.15, -0.1) is 0 Å². The molecule has 0 spiro atoms. The largest absolute Gasteiger partial charge is 0.351 e. The molecule has 0 radical (unpaired) electrons. The number of likely N-dealkylation sites (N-methyl/N-ethyl adjacent to an activating group) is 1. The van der Waals surface area contributed by atoms with Crippen LogP contribution in [0.1, 0.15) is 39.2 Å². The summed E-state index contributed by atoms with van der Waals surface area (Å²) in [7, 11) is 3.03. The summed E-state index contributed by atoms with van der Waals surface area (Å²) < 4.78 is 1.56. The molecule has 8 heteroatoms. The van der Waals surface area contributed by atoms with Crippen molar-refractivity contribution in [1.82, 2.24) is 19.6 Å². The maximum absolute atomic E-state index is 12.2. The van der Waals surface area contributed by atoms with Crippen molar-refractivity contribution in [2.75, 3.05) is 20.6 Å². The lowest BCUT2D eigenvalue weighted by Crippen LogP contribution is -2.30. The number of ketones is 1. The SMILES string of the molecule is CCCNC(=O)c1sc2ncc(C(=O)C(=O)N(C)C)n2c1C. The van der Waals surface area contributed by atoms with Crippen molar-refractivity contribution in [2.24, 2.45) is 0 Å². The van der Waals surface area contributed by atoms with Crippen LogP contribution in [0.25, 0.3) is 4.96 Å². The summed E-state index contributed by atoms with van der Waals surface area (Å²) in [5, 5.41) is 2.80. The molecule has 2 aromatic heterocycles. The molecule has 0 saturated heterocycles. The highest BCUT2D eigenvalue weighted by Gasteiger charge is 2.25. The summed E-state index contributed by atoms with van der Waals surface area (Å²) in [5.74, 6) is -1.45. The number of thiazole rings is 1. The number of amides is 2. The average molecular weight is 322 g/mol. The molecule has 0 atom stereocenters. The van der Waals surface area contributed by atoms with E-state index in [1.54, 1.807) is 11.3 Å². The first-order valence-corrected chi connectivity index (χ1v) is 7.71. The van der Waals surface area contributed by atoms with E-state index in [-0.39, 0.29) is 11.6 Å².